The van der Waals surface area contributed by atoms with Gasteiger partial charge in [-0.2, -0.15) is 0 Å². The third-order valence-electron chi connectivity index (χ3n) is 2.92. The maximum atomic E-state index is 12.2. The molecule has 0 fully saturated rings. The van der Waals surface area contributed by atoms with Crippen molar-refractivity contribution in [2.75, 3.05) is 5.43 Å². The maximum absolute atomic E-state index is 12.2. The molecule has 0 saturated carbocycles. The number of nitrogens with one attached hydrogen (secondary N) is 2. The normalized spacial score (nSPS) is 11.8. The Bertz CT molecular complexity index is 618. The van der Waals surface area contributed by atoms with E-state index in [0.29, 0.717) is 16.3 Å². The first-order chi connectivity index (χ1) is 9.61. The highest BCUT2D eigenvalue weighted by Gasteiger charge is 2.14. The molecule has 0 spiro atoms. The summed E-state index contributed by atoms with van der Waals surface area (Å²) >= 11 is 5.94. The summed E-state index contributed by atoms with van der Waals surface area (Å²) in [4.78, 5) is 16.1. The second kappa shape index (κ2) is 6.36. The molecule has 1 aromatic carbocycles. The number of benzene rings is 1. The maximum Gasteiger partial charge on any atom is 0.254 e. The van der Waals surface area contributed by atoms with Crippen molar-refractivity contribution in [3.63, 3.8) is 0 Å². The molecule has 0 radical (unpaired) electrons. The molecule has 104 valence electrons. The lowest BCUT2D eigenvalue weighted by molar-refractivity contribution is 0.0940. The summed E-state index contributed by atoms with van der Waals surface area (Å²) in [6.45, 7) is 1.89. The molecular weight excluding hydrogens is 276 g/mol. The first-order valence-corrected chi connectivity index (χ1v) is 6.46. The van der Waals surface area contributed by atoms with Crippen LogP contribution in [-0.4, -0.2) is 10.9 Å². The Kier molecular flexibility index (Phi) is 4.55. The molecule has 0 bridgehead atoms. The molecule has 4 N–H and O–H groups in total. The molecule has 2 rings (SSSR count). The number of hydrazine groups is 1. The summed E-state index contributed by atoms with van der Waals surface area (Å²) in [5.41, 5.74) is 4.30. The highest BCUT2D eigenvalue weighted by Crippen LogP contribution is 2.19. The van der Waals surface area contributed by atoms with Gasteiger partial charge in [-0.1, -0.05) is 23.7 Å². The van der Waals surface area contributed by atoms with Crippen LogP contribution in [0.25, 0.3) is 0 Å². The van der Waals surface area contributed by atoms with E-state index in [4.69, 9.17) is 17.4 Å². The molecule has 2 aromatic rings. The summed E-state index contributed by atoms with van der Waals surface area (Å²) in [5, 5.41) is 3.53. The molecule has 1 atom stereocenters. The summed E-state index contributed by atoms with van der Waals surface area (Å²) in [6, 6.07) is 8.81. The van der Waals surface area contributed by atoms with E-state index in [2.05, 4.69) is 15.7 Å². The van der Waals surface area contributed by atoms with Gasteiger partial charge in [-0.15, -0.1) is 0 Å². The molecule has 1 aromatic heterocycles. The van der Waals surface area contributed by atoms with Crippen LogP contribution in [0.4, 0.5) is 5.69 Å². The fourth-order valence-electron chi connectivity index (χ4n) is 1.84. The standard InChI is InChI=1S/C14H15ClN4O/c1-9(10-3-2-4-11(15)7-10)18-14(20)12-5-6-17-8-13(12)19-16/h2-9,19H,16H2,1H3,(H,18,20). The Morgan fingerprint density at radius 2 is 2.20 bits per heavy atom. The number of hydrogen-bond acceptors (Lipinski definition) is 4. The predicted molar refractivity (Wildman–Crippen MR) is 79.4 cm³/mol. The Labute approximate surface area is 122 Å². The number of hydrogen-bond donors (Lipinski definition) is 3. The topological polar surface area (TPSA) is 80.0 Å². The number of nitrogen functional groups attached to an aromatic ring is 1. The van der Waals surface area contributed by atoms with Crippen LogP contribution >= 0.6 is 11.6 Å². The minimum absolute atomic E-state index is 0.167. The zero-order valence-corrected chi connectivity index (χ0v) is 11.7. The number of amides is 1. The molecule has 5 nitrogen and oxygen atoms in total. The molecule has 20 heavy (non-hydrogen) atoms. The first kappa shape index (κ1) is 14.3. The van der Waals surface area contributed by atoms with Crippen LogP contribution in [0.2, 0.25) is 5.02 Å². The number of carbonyl (C=O) groups is 1. The number of carbonyl (C=O) groups excluding carboxylic acids is 1. The van der Waals surface area contributed by atoms with Crippen LogP contribution in [0.3, 0.4) is 0 Å². The monoisotopic (exact) mass is 290 g/mol. The second-order valence-corrected chi connectivity index (χ2v) is 4.75. The van der Waals surface area contributed by atoms with Gasteiger partial charge in [-0.05, 0) is 30.7 Å². The van der Waals surface area contributed by atoms with Gasteiger partial charge in [0, 0.05) is 11.2 Å². The largest absolute Gasteiger partial charge is 0.345 e. The highest BCUT2D eigenvalue weighted by atomic mass is 35.5. The van der Waals surface area contributed by atoms with Gasteiger partial charge in [0.1, 0.15) is 0 Å². The van der Waals surface area contributed by atoms with Crippen LogP contribution in [0.15, 0.2) is 42.7 Å². The summed E-state index contributed by atoms with van der Waals surface area (Å²) in [5.74, 6) is 5.13. The van der Waals surface area contributed by atoms with Crippen molar-refractivity contribution in [2.24, 2.45) is 5.84 Å². The first-order valence-electron chi connectivity index (χ1n) is 6.08. The predicted octanol–water partition coefficient (Wildman–Crippen LogP) is 2.51. The van der Waals surface area contributed by atoms with E-state index in [-0.39, 0.29) is 11.9 Å². The SMILES string of the molecule is CC(NC(=O)c1ccncc1NN)c1cccc(Cl)c1. The molecule has 1 heterocycles. The lowest BCUT2D eigenvalue weighted by Gasteiger charge is -2.16. The number of aromatic nitrogens is 1. The fourth-order valence-corrected chi connectivity index (χ4v) is 2.04. The third kappa shape index (κ3) is 3.26. The van der Waals surface area contributed by atoms with Crippen molar-refractivity contribution in [1.29, 1.82) is 0 Å². The number of halogens is 1. The van der Waals surface area contributed by atoms with Crippen LogP contribution in [-0.2, 0) is 0 Å². The van der Waals surface area contributed by atoms with Crippen molar-refractivity contribution in [2.45, 2.75) is 13.0 Å². The van der Waals surface area contributed by atoms with Crippen molar-refractivity contribution >= 4 is 23.2 Å². The van der Waals surface area contributed by atoms with Crippen molar-refractivity contribution in [3.8, 4) is 0 Å². The number of nitrogens with zero attached hydrogens (tertiary/aromatic N) is 1. The van der Waals surface area contributed by atoms with E-state index in [0.717, 1.165) is 5.56 Å². The van der Waals surface area contributed by atoms with Crippen LogP contribution in [0, 0.1) is 0 Å². The zero-order valence-electron chi connectivity index (χ0n) is 10.9. The second-order valence-electron chi connectivity index (χ2n) is 4.32. The van der Waals surface area contributed by atoms with Crippen molar-refractivity contribution in [3.05, 3.63) is 58.9 Å². The Morgan fingerprint density at radius 1 is 1.40 bits per heavy atom. The summed E-state index contributed by atoms with van der Waals surface area (Å²) < 4.78 is 0. The number of nitrogens with two attached hydrogens (primary N) is 1. The zero-order chi connectivity index (χ0) is 14.5. The van der Waals surface area contributed by atoms with Crippen LogP contribution in [0.1, 0.15) is 28.9 Å². The quantitative estimate of drug-likeness (QED) is 0.597. The average molecular weight is 291 g/mol. The number of anilines is 1. The molecule has 0 aliphatic heterocycles. The van der Waals surface area contributed by atoms with Gasteiger partial charge in [0.2, 0.25) is 0 Å². The molecule has 6 heteroatoms. The van der Waals surface area contributed by atoms with Crippen LogP contribution < -0.4 is 16.6 Å². The van der Waals surface area contributed by atoms with E-state index in [1.54, 1.807) is 18.3 Å². The van der Waals surface area contributed by atoms with Gasteiger partial charge in [0.15, 0.2) is 0 Å². The molecular formula is C14H15ClN4O. The van der Waals surface area contributed by atoms with Crippen molar-refractivity contribution in [1.82, 2.24) is 10.3 Å². The lowest BCUT2D eigenvalue weighted by atomic mass is 10.1. The van der Waals surface area contributed by atoms with Gasteiger partial charge in [-0.25, -0.2) is 0 Å². The van der Waals surface area contributed by atoms with E-state index in [1.165, 1.54) is 6.20 Å². The van der Waals surface area contributed by atoms with Crippen molar-refractivity contribution < 1.29 is 4.79 Å². The molecule has 1 unspecified atom stereocenters. The molecule has 0 aliphatic rings. The molecule has 0 aliphatic carbocycles. The highest BCUT2D eigenvalue weighted by molar-refractivity contribution is 6.30. The Hall–Kier alpha value is -2.11. The fraction of sp³-hybridized carbons (Fsp3) is 0.143. The van der Waals surface area contributed by atoms with E-state index in [9.17, 15) is 4.79 Å². The smallest absolute Gasteiger partial charge is 0.254 e. The number of rotatable bonds is 4. The minimum Gasteiger partial charge on any atom is -0.345 e. The lowest BCUT2D eigenvalue weighted by Crippen LogP contribution is -2.28. The minimum atomic E-state index is -0.229. The molecule has 1 amide bonds. The van der Waals surface area contributed by atoms with Gasteiger partial charge >= 0.3 is 0 Å². The van der Waals surface area contributed by atoms with E-state index >= 15 is 0 Å². The summed E-state index contributed by atoms with van der Waals surface area (Å²) in [7, 11) is 0. The molecule has 0 saturated heterocycles. The number of pyridine rings is 1. The Balaban J connectivity index is 2.15. The van der Waals surface area contributed by atoms with Gasteiger partial charge in [0.05, 0.1) is 23.5 Å². The average Bonchev–Trinajstić information content (AvgIpc) is 2.47. The van der Waals surface area contributed by atoms with Gasteiger partial charge in [-0.3, -0.25) is 15.6 Å². The van der Waals surface area contributed by atoms with E-state index < -0.39 is 0 Å². The Morgan fingerprint density at radius 3 is 2.90 bits per heavy atom. The third-order valence-corrected chi connectivity index (χ3v) is 3.15. The summed E-state index contributed by atoms with van der Waals surface area (Å²) in [6.07, 6.45) is 3.04. The van der Waals surface area contributed by atoms with Gasteiger partial charge in [0.25, 0.3) is 5.91 Å². The van der Waals surface area contributed by atoms with Gasteiger partial charge < -0.3 is 10.7 Å². The van der Waals surface area contributed by atoms with Crippen LogP contribution in [0.5, 0.6) is 0 Å². The van der Waals surface area contributed by atoms with E-state index in [1.807, 2.05) is 25.1 Å².